The largest absolute Gasteiger partial charge is 0.328 e. The normalized spacial score (nSPS) is 11.3. The summed E-state index contributed by atoms with van der Waals surface area (Å²) in [7, 11) is 0. The predicted octanol–water partition coefficient (Wildman–Crippen LogP) is 3.76. The van der Waals surface area contributed by atoms with Crippen molar-refractivity contribution >= 4 is 0 Å². The van der Waals surface area contributed by atoms with E-state index >= 15 is 0 Å². The first-order valence-electron chi connectivity index (χ1n) is 10.3. The van der Waals surface area contributed by atoms with E-state index in [4.69, 9.17) is 0 Å². The Labute approximate surface area is 175 Å². The van der Waals surface area contributed by atoms with E-state index in [1.165, 1.54) is 0 Å². The van der Waals surface area contributed by atoms with Crippen LogP contribution >= 0.6 is 0 Å². The Hall–Kier alpha value is -3.48. The van der Waals surface area contributed by atoms with Crippen LogP contribution in [-0.2, 0) is 19.5 Å². The number of aryl methyl sites for hydroxylation is 1. The van der Waals surface area contributed by atoms with Crippen molar-refractivity contribution in [2.45, 2.75) is 40.3 Å². The molecule has 0 amide bonds. The van der Waals surface area contributed by atoms with E-state index in [1.54, 1.807) is 4.57 Å². The van der Waals surface area contributed by atoms with Crippen molar-refractivity contribution in [3.05, 3.63) is 76.5 Å². The first kappa shape index (κ1) is 19.8. The maximum absolute atomic E-state index is 12.8. The first-order chi connectivity index (χ1) is 14.6. The molecular weight excluding hydrogens is 376 g/mol. The lowest BCUT2D eigenvalue weighted by Crippen LogP contribution is -2.25. The molecule has 0 aliphatic heterocycles. The van der Waals surface area contributed by atoms with Crippen LogP contribution in [0.2, 0.25) is 0 Å². The van der Waals surface area contributed by atoms with E-state index in [0.717, 1.165) is 34.4 Å². The van der Waals surface area contributed by atoms with Crippen molar-refractivity contribution in [1.29, 1.82) is 0 Å². The summed E-state index contributed by atoms with van der Waals surface area (Å²) in [6.07, 6.45) is 2.89. The molecule has 0 atom stereocenters. The molecule has 30 heavy (non-hydrogen) atoms. The van der Waals surface area contributed by atoms with Crippen molar-refractivity contribution < 1.29 is 0 Å². The van der Waals surface area contributed by atoms with Gasteiger partial charge in [-0.05, 0) is 41.2 Å². The lowest BCUT2D eigenvalue weighted by molar-refractivity contribution is 0.594. The average Bonchev–Trinajstić information content (AvgIpc) is 3.38. The third kappa shape index (κ3) is 3.96. The summed E-state index contributed by atoms with van der Waals surface area (Å²) in [5.74, 6) is 1.06. The van der Waals surface area contributed by atoms with Gasteiger partial charge in [0.05, 0.1) is 6.54 Å². The molecule has 7 nitrogen and oxygen atoms in total. The van der Waals surface area contributed by atoms with Crippen LogP contribution in [0.15, 0.2) is 59.5 Å². The molecule has 2 aromatic heterocycles. The highest BCUT2D eigenvalue weighted by Gasteiger charge is 2.13. The minimum absolute atomic E-state index is 0.0553. The fourth-order valence-corrected chi connectivity index (χ4v) is 3.74. The zero-order valence-corrected chi connectivity index (χ0v) is 17.5. The van der Waals surface area contributed by atoms with Gasteiger partial charge >= 0.3 is 5.69 Å². The van der Waals surface area contributed by atoms with Gasteiger partial charge in [-0.1, -0.05) is 62.4 Å². The Morgan fingerprint density at radius 3 is 2.40 bits per heavy atom. The summed E-state index contributed by atoms with van der Waals surface area (Å²) >= 11 is 0. The first-order valence-corrected chi connectivity index (χ1v) is 10.3. The molecule has 0 radical (unpaired) electrons. The molecule has 0 fully saturated rings. The van der Waals surface area contributed by atoms with Gasteiger partial charge in [0.1, 0.15) is 0 Å². The Bertz CT molecular complexity index is 1170. The van der Waals surface area contributed by atoms with Crippen molar-refractivity contribution in [2.75, 3.05) is 0 Å². The van der Waals surface area contributed by atoms with Crippen LogP contribution < -0.4 is 5.69 Å². The summed E-state index contributed by atoms with van der Waals surface area (Å²) < 4.78 is 3.68. The monoisotopic (exact) mass is 402 g/mol. The van der Waals surface area contributed by atoms with Gasteiger partial charge in [0.2, 0.25) is 5.82 Å². The highest BCUT2D eigenvalue weighted by atomic mass is 16.1. The van der Waals surface area contributed by atoms with Gasteiger partial charge in [-0.25, -0.2) is 4.79 Å². The predicted molar refractivity (Wildman–Crippen MR) is 117 cm³/mol. The van der Waals surface area contributed by atoms with E-state index in [-0.39, 0.29) is 5.69 Å². The van der Waals surface area contributed by atoms with Gasteiger partial charge in [0.25, 0.3) is 0 Å². The summed E-state index contributed by atoms with van der Waals surface area (Å²) in [4.78, 5) is 12.8. The Morgan fingerprint density at radius 2 is 1.77 bits per heavy atom. The summed E-state index contributed by atoms with van der Waals surface area (Å²) in [5, 5.41) is 14.4. The number of benzene rings is 2. The molecule has 4 rings (SSSR count). The zero-order valence-electron chi connectivity index (χ0n) is 17.5. The molecule has 0 aliphatic carbocycles. The van der Waals surface area contributed by atoms with E-state index in [0.29, 0.717) is 24.8 Å². The number of nitrogens with one attached hydrogen (secondary N) is 1. The lowest BCUT2D eigenvalue weighted by Gasteiger charge is -2.11. The Balaban J connectivity index is 1.64. The number of hydrogen-bond donors (Lipinski definition) is 1. The zero-order chi connectivity index (χ0) is 21.1. The second-order valence-electron chi connectivity index (χ2n) is 7.85. The van der Waals surface area contributed by atoms with E-state index in [9.17, 15) is 4.79 Å². The van der Waals surface area contributed by atoms with Crippen molar-refractivity contribution in [1.82, 2.24) is 29.8 Å². The third-order valence-electron chi connectivity index (χ3n) is 5.21. The SMILES string of the molecule is CCn1cc(CC(C)C)n(Cc2ccc(-c3ccccc3-c3nn[nH]n3)cc2)c1=O. The molecular formula is C23H26N6O. The van der Waals surface area contributed by atoms with Gasteiger partial charge in [-0.3, -0.25) is 9.13 Å². The molecule has 1 N–H and O–H groups in total. The van der Waals surface area contributed by atoms with Crippen LogP contribution in [0, 0.1) is 5.92 Å². The Morgan fingerprint density at radius 1 is 1.03 bits per heavy atom. The smallest absolute Gasteiger partial charge is 0.299 e. The summed E-state index contributed by atoms with van der Waals surface area (Å²) in [5.41, 5.74) is 5.27. The average molecular weight is 403 g/mol. The maximum atomic E-state index is 12.8. The number of rotatable bonds is 7. The molecule has 2 aromatic carbocycles. The number of hydrogen-bond acceptors (Lipinski definition) is 4. The Kier molecular flexibility index (Phi) is 5.61. The van der Waals surface area contributed by atoms with Crippen LogP contribution in [0.3, 0.4) is 0 Å². The standard InChI is InChI=1S/C23H26N6O/c1-4-28-15-19(13-16(2)3)29(23(28)30)14-17-9-11-18(12-10-17)20-7-5-6-8-21(20)22-24-26-27-25-22/h5-12,15-16H,4,13-14H2,1-3H3,(H,24,25,26,27). The highest BCUT2D eigenvalue weighted by Crippen LogP contribution is 2.29. The van der Waals surface area contributed by atoms with E-state index in [2.05, 4.69) is 58.7 Å². The maximum Gasteiger partial charge on any atom is 0.328 e. The van der Waals surface area contributed by atoms with E-state index in [1.807, 2.05) is 42.0 Å². The molecule has 0 saturated heterocycles. The van der Waals surface area contributed by atoms with Crippen molar-refractivity contribution in [3.63, 3.8) is 0 Å². The molecule has 154 valence electrons. The summed E-state index contributed by atoms with van der Waals surface area (Å²) in [6, 6.07) is 16.3. The number of aromatic amines is 1. The fourth-order valence-electron chi connectivity index (χ4n) is 3.74. The topological polar surface area (TPSA) is 81.4 Å². The van der Waals surface area contributed by atoms with Gasteiger partial charge in [-0.2, -0.15) is 5.21 Å². The third-order valence-corrected chi connectivity index (χ3v) is 5.21. The van der Waals surface area contributed by atoms with E-state index < -0.39 is 0 Å². The second kappa shape index (κ2) is 8.49. The number of tetrazole rings is 1. The van der Waals surface area contributed by atoms with Gasteiger partial charge in [-0.15, -0.1) is 10.2 Å². The van der Waals surface area contributed by atoms with Crippen LogP contribution in [-0.4, -0.2) is 29.8 Å². The fraction of sp³-hybridized carbons (Fsp3) is 0.304. The van der Waals surface area contributed by atoms with Crippen molar-refractivity contribution in [2.24, 2.45) is 5.92 Å². The van der Waals surface area contributed by atoms with Gasteiger partial charge in [0, 0.05) is 24.0 Å². The van der Waals surface area contributed by atoms with Crippen molar-refractivity contribution in [3.8, 4) is 22.5 Å². The van der Waals surface area contributed by atoms with Crippen LogP contribution in [0.1, 0.15) is 32.0 Å². The number of H-pyrrole nitrogens is 1. The summed E-state index contributed by atoms with van der Waals surface area (Å²) in [6.45, 7) is 7.60. The molecule has 0 saturated carbocycles. The minimum Gasteiger partial charge on any atom is -0.299 e. The molecule has 0 unspecified atom stereocenters. The molecule has 0 aliphatic rings. The van der Waals surface area contributed by atoms with Gasteiger partial charge < -0.3 is 0 Å². The van der Waals surface area contributed by atoms with Crippen LogP contribution in [0.4, 0.5) is 0 Å². The number of nitrogens with zero attached hydrogens (tertiary/aromatic N) is 5. The molecule has 4 aromatic rings. The van der Waals surface area contributed by atoms with Crippen LogP contribution in [0.25, 0.3) is 22.5 Å². The minimum atomic E-state index is 0.0553. The molecule has 0 bridgehead atoms. The lowest BCUT2D eigenvalue weighted by atomic mass is 9.98. The number of aromatic nitrogens is 6. The quantitative estimate of drug-likeness (QED) is 0.510. The van der Waals surface area contributed by atoms with Gasteiger partial charge in [0.15, 0.2) is 0 Å². The second-order valence-corrected chi connectivity index (χ2v) is 7.85. The molecule has 2 heterocycles. The molecule has 7 heteroatoms. The van der Waals surface area contributed by atoms with Crippen LogP contribution in [0.5, 0.6) is 0 Å². The molecule has 0 spiro atoms. The highest BCUT2D eigenvalue weighted by molar-refractivity contribution is 5.80. The number of imidazole rings is 1.